The van der Waals surface area contributed by atoms with Crippen molar-refractivity contribution in [2.45, 2.75) is 52.4 Å². The molecule has 1 aromatic carbocycles. The van der Waals surface area contributed by atoms with Gasteiger partial charge in [0.1, 0.15) is 5.04 Å². The fraction of sp³-hybridized carbons (Fsp3) is 0.400. The molecule has 0 radical (unpaired) electrons. The molecule has 2 aliphatic rings. The van der Waals surface area contributed by atoms with Crippen LogP contribution in [0.15, 0.2) is 39.9 Å². The van der Waals surface area contributed by atoms with E-state index in [-0.39, 0.29) is 17.3 Å². The number of benzene rings is 1. The van der Waals surface area contributed by atoms with Crippen LogP contribution < -0.4 is 0 Å². The number of hydrazone groups is 1. The molecule has 0 fully saturated rings. The van der Waals surface area contributed by atoms with Crippen LogP contribution >= 0.6 is 11.8 Å². The van der Waals surface area contributed by atoms with E-state index in [0.29, 0.717) is 5.17 Å². The van der Waals surface area contributed by atoms with Crippen LogP contribution in [-0.2, 0) is 4.79 Å². The molecule has 2 aliphatic heterocycles. The Morgan fingerprint density at radius 1 is 1.23 bits per heavy atom. The van der Waals surface area contributed by atoms with Crippen molar-refractivity contribution in [2.75, 3.05) is 0 Å². The van der Waals surface area contributed by atoms with Crippen molar-refractivity contribution in [3.05, 3.63) is 41.0 Å². The molecule has 0 atom stereocenters. The maximum absolute atomic E-state index is 12.4. The Balaban J connectivity index is 1.71. The molecule has 1 amide bonds. The van der Waals surface area contributed by atoms with Crippen molar-refractivity contribution in [2.24, 2.45) is 10.1 Å². The summed E-state index contributed by atoms with van der Waals surface area (Å²) in [5.74, 6) is -0.260. The number of aryl methyl sites for hydroxylation is 1. The first kappa shape index (κ1) is 18.6. The predicted octanol–water partition coefficient (Wildman–Crippen LogP) is 4.97. The summed E-state index contributed by atoms with van der Waals surface area (Å²) in [6.07, 6.45) is 8.62. The highest BCUT2D eigenvalue weighted by molar-refractivity contribution is 8.26. The van der Waals surface area contributed by atoms with Gasteiger partial charge in [0.15, 0.2) is 5.84 Å². The molecule has 0 spiro atoms. The number of carbonyl (C=O) groups is 1. The molecule has 0 aromatic heterocycles. The Morgan fingerprint density at radius 2 is 2.04 bits per heavy atom. The number of nitrogens with zero attached hydrogens (tertiary/aromatic N) is 3. The van der Waals surface area contributed by atoms with Crippen molar-refractivity contribution >= 4 is 39.8 Å². The Bertz CT molecular complexity index is 810. The first-order chi connectivity index (χ1) is 12.6. The molecule has 26 heavy (non-hydrogen) atoms. The van der Waals surface area contributed by atoms with E-state index in [1.165, 1.54) is 42.5 Å². The topological polar surface area (TPSA) is 68.9 Å². The number of hydrogen-bond donors (Lipinski definition) is 1. The van der Waals surface area contributed by atoms with Gasteiger partial charge in [0.05, 0.1) is 5.57 Å². The minimum Gasteiger partial charge on any atom is -0.282 e. The van der Waals surface area contributed by atoms with Gasteiger partial charge in [-0.2, -0.15) is 15.1 Å². The minimum absolute atomic E-state index is 0.106. The Morgan fingerprint density at radius 3 is 2.81 bits per heavy atom. The van der Waals surface area contributed by atoms with E-state index in [0.717, 1.165) is 29.0 Å². The Labute approximate surface area is 158 Å². The maximum atomic E-state index is 12.4. The molecule has 1 aromatic rings. The molecule has 0 saturated carbocycles. The van der Waals surface area contributed by atoms with Gasteiger partial charge in [-0.25, -0.2) is 0 Å². The van der Waals surface area contributed by atoms with Crippen LogP contribution in [0.4, 0.5) is 0 Å². The first-order valence-corrected chi connectivity index (χ1v) is 9.96. The molecule has 3 rings (SSSR count). The fourth-order valence-electron chi connectivity index (χ4n) is 2.94. The third kappa shape index (κ3) is 4.30. The molecule has 0 unspecified atom stereocenters. The van der Waals surface area contributed by atoms with Gasteiger partial charge in [-0.15, -0.1) is 0 Å². The summed E-state index contributed by atoms with van der Waals surface area (Å²) >= 11 is 1.41. The minimum atomic E-state index is -0.366. The van der Waals surface area contributed by atoms with Crippen molar-refractivity contribution < 1.29 is 4.79 Å². The molecule has 0 bridgehead atoms. The van der Waals surface area contributed by atoms with E-state index in [2.05, 4.69) is 17.0 Å². The predicted molar refractivity (Wildman–Crippen MR) is 110 cm³/mol. The van der Waals surface area contributed by atoms with Crippen LogP contribution in [0.5, 0.6) is 0 Å². The van der Waals surface area contributed by atoms with Crippen LogP contribution in [0.25, 0.3) is 6.08 Å². The van der Waals surface area contributed by atoms with Crippen LogP contribution in [0.3, 0.4) is 0 Å². The van der Waals surface area contributed by atoms with E-state index in [1.807, 2.05) is 31.2 Å². The van der Waals surface area contributed by atoms with Gasteiger partial charge in [-0.3, -0.25) is 10.2 Å². The smallest absolute Gasteiger partial charge is 0.282 e. The van der Waals surface area contributed by atoms with Crippen molar-refractivity contribution in [3.63, 3.8) is 0 Å². The van der Waals surface area contributed by atoms with E-state index in [9.17, 15) is 4.79 Å². The summed E-state index contributed by atoms with van der Waals surface area (Å²) < 4.78 is 0. The highest BCUT2D eigenvalue weighted by Gasteiger charge is 2.35. The maximum Gasteiger partial charge on any atom is 0.283 e. The number of carbonyl (C=O) groups excluding carboxylic acids is 1. The molecule has 6 heteroatoms. The average molecular weight is 369 g/mol. The zero-order valence-electron chi connectivity index (χ0n) is 15.3. The number of amidine groups is 2. The zero-order chi connectivity index (χ0) is 18.5. The van der Waals surface area contributed by atoms with E-state index in [1.54, 1.807) is 6.08 Å². The van der Waals surface area contributed by atoms with E-state index >= 15 is 0 Å². The van der Waals surface area contributed by atoms with Gasteiger partial charge >= 0.3 is 0 Å². The van der Waals surface area contributed by atoms with E-state index in [4.69, 9.17) is 5.41 Å². The molecule has 2 heterocycles. The summed E-state index contributed by atoms with van der Waals surface area (Å²) in [5.41, 5.74) is 2.29. The molecule has 5 nitrogen and oxygen atoms in total. The lowest BCUT2D eigenvalue weighted by Gasteiger charge is -2.20. The number of fused-ring (bicyclic) bond motifs is 1. The first-order valence-electron chi connectivity index (χ1n) is 9.14. The number of amides is 1. The second-order valence-corrected chi connectivity index (χ2v) is 7.63. The zero-order valence-corrected chi connectivity index (χ0v) is 16.1. The third-order valence-electron chi connectivity index (χ3n) is 4.34. The molecular formula is C20H24N4OS. The number of nitrogens with one attached hydrogen (secondary N) is 1. The van der Waals surface area contributed by atoms with Gasteiger partial charge in [0, 0.05) is 0 Å². The number of unbranched alkanes of at least 4 members (excludes halogenated alkanes) is 4. The van der Waals surface area contributed by atoms with Crippen molar-refractivity contribution in [1.82, 2.24) is 5.01 Å². The SMILES string of the molecule is CCCCCCCC1=NN2C(=N)/C(=C\c3cccc(C)c3)C(=O)N=C2S1. The van der Waals surface area contributed by atoms with E-state index < -0.39 is 0 Å². The quantitative estimate of drug-likeness (QED) is 0.545. The largest absolute Gasteiger partial charge is 0.283 e. The lowest BCUT2D eigenvalue weighted by molar-refractivity contribution is -0.114. The van der Waals surface area contributed by atoms with Crippen LogP contribution in [-0.4, -0.2) is 27.0 Å². The highest BCUT2D eigenvalue weighted by atomic mass is 32.2. The lowest BCUT2D eigenvalue weighted by atomic mass is 10.1. The summed E-state index contributed by atoms with van der Waals surface area (Å²) in [6.45, 7) is 4.21. The molecular weight excluding hydrogens is 344 g/mol. The standard InChI is InChI=1S/C20H24N4OS/c1-3-4-5-6-7-11-17-23-24-18(21)16(19(25)22-20(24)26-17)13-15-10-8-9-14(2)12-15/h8-10,12-13,21H,3-7,11H2,1-2H3/b16-13+,21-18?. The summed E-state index contributed by atoms with van der Waals surface area (Å²) in [6, 6.07) is 7.84. The second-order valence-electron chi connectivity index (χ2n) is 6.59. The van der Waals surface area contributed by atoms with Gasteiger partial charge < -0.3 is 0 Å². The van der Waals surface area contributed by atoms with Gasteiger partial charge in [0.2, 0.25) is 5.17 Å². The van der Waals surface area contributed by atoms with Gasteiger partial charge in [0.25, 0.3) is 5.91 Å². The monoisotopic (exact) mass is 368 g/mol. The summed E-state index contributed by atoms with van der Waals surface area (Å²) in [7, 11) is 0. The second kappa shape index (κ2) is 8.45. The fourth-order valence-corrected chi connectivity index (χ4v) is 3.87. The van der Waals surface area contributed by atoms with Crippen molar-refractivity contribution in [1.29, 1.82) is 5.41 Å². The van der Waals surface area contributed by atoms with Gasteiger partial charge in [-0.1, -0.05) is 62.4 Å². The number of thioether (sulfide) groups is 1. The van der Waals surface area contributed by atoms with Gasteiger partial charge in [-0.05, 0) is 43.2 Å². The average Bonchev–Trinajstić information content (AvgIpc) is 3.01. The lowest BCUT2D eigenvalue weighted by Crippen LogP contribution is -2.35. The summed E-state index contributed by atoms with van der Waals surface area (Å²) in [4.78, 5) is 16.5. The number of hydrogen-bond acceptors (Lipinski definition) is 4. The normalized spacial score (nSPS) is 18.2. The molecule has 0 aliphatic carbocycles. The molecule has 0 saturated heterocycles. The van der Waals surface area contributed by atoms with Crippen LogP contribution in [0, 0.1) is 12.3 Å². The van der Waals surface area contributed by atoms with Crippen LogP contribution in [0.2, 0.25) is 0 Å². The number of rotatable bonds is 7. The Hall–Kier alpha value is -2.21. The van der Waals surface area contributed by atoms with Crippen molar-refractivity contribution in [3.8, 4) is 0 Å². The summed E-state index contributed by atoms with van der Waals surface area (Å²) in [5, 5.41) is 15.9. The Kier molecular flexibility index (Phi) is 6.04. The third-order valence-corrected chi connectivity index (χ3v) is 5.31. The molecule has 1 N–H and O–H groups in total. The molecule has 136 valence electrons. The highest BCUT2D eigenvalue weighted by Crippen LogP contribution is 2.30. The number of aliphatic imine (C=N–C) groups is 1. The van der Waals surface area contributed by atoms with Crippen LogP contribution in [0.1, 0.15) is 56.6 Å².